The zero-order chi connectivity index (χ0) is 25.1. The maximum atomic E-state index is 13.3. The van der Waals surface area contributed by atoms with E-state index in [0.29, 0.717) is 16.2 Å². The molecule has 0 N–H and O–H groups in total. The quantitative estimate of drug-likeness (QED) is 0.264. The van der Waals surface area contributed by atoms with Crippen LogP contribution in [0.5, 0.6) is 23.0 Å². The fraction of sp³-hybridized carbons (Fsp3) is 0.115. The Labute approximate surface area is 204 Å². The van der Waals surface area contributed by atoms with Crippen molar-refractivity contribution in [2.75, 3.05) is 14.2 Å². The first-order chi connectivity index (χ1) is 16.8. The van der Waals surface area contributed by atoms with Gasteiger partial charge in [0.2, 0.25) is 16.9 Å². The predicted octanol–water partition coefficient (Wildman–Crippen LogP) is 5.28. The van der Waals surface area contributed by atoms with Crippen LogP contribution >= 0.6 is 11.6 Å². The van der Waals surface area contributed by atoms with Gasteiger partial charge in [0.05, 0.1) is 25.2 Å². The Morgan fingerprint density at radius 2 is 1.49 bits per heavy atom. The van der Waals surface area contributed by atoms with E-state index in [1.165, 1.54) is 33.3 Å². The summed E-state index contributed by atoms with van der Waals surface area (Å²) in [5.41, 5.74) is 0.279. The lowest BCUT2D eigenvalue weighted by Gasteiger charge is -2.15. The van der Waals surface area contributed by atoms with Gasteiger partial charge in [-0.3, -0.25) is 9.59 Å². The van der Waals surface area contributed by atoms with Crippen LogP contribution in [0.1, 0.15) is 17.3 Å². The number of esters is 2. The van der Waals surface area contributed by atoms with Crippen molar-refractivity contribution in [3.05, 3.63) is 81.5 Å². The number of rotatable bonds is 6. The fourth-order valence-electron chi connectivity index (χ4n) is 3.40. The second-order valence-electron chi connectivity index (χ2n) is 7.29. The van der Waals surface area contributed by atoms with Gasteiger partial charge in [0, 0.05) is 17.5 Å². The molecule has 0 atom stereocenters. The zero-order valence-corrected chi connectivity index (χ0v) is 19.7. The van der Waals surface area contributed by atoms with Crippen LogP contribution in [0.3, 0.4) is 0 Å². The molecule has 0 unspecified atom stereocenters. The number of carbonyl (C=O) groups excluding carboxylic acids is 2. The van der Waals surface area contributed by atoms with Gasteiger partial charge in [-0.2, -0.15) is 0 Å². The Bertz CT molecular complexity index is 1460. The van der Waals surface area contributed by atoms with Gasteiger partial charge >= 0.3 is 11.9 Å². The monoisotopic (exact) mass is 494 g/mol. The topological polar surface area (TPSA) is 101 Å². The number of para-hydroxylation sites is 1. The van der Waals surface area contributed by atoms with Crippen molar-refractivity contribution in [2.24, 2.45) is 0 Å². The first-order valence-corrected chi connectivity index (χ1v) is 10.7. The van der Waals surface area contributed by atoms with Crippen molar-refractivity contribution in [2.45, 2.75) is 6.92 Å². The number of halogens is 1. The smallest absolute Gasteiger partial charge is 0.344 e. The van der Waals surface area contributed by atoms with E-state index in [1.54, 1.807) is 48.5 Å². The molecule has 9 heteroatoms. The lowest BCUT2D eigenvalue weighted by molar-refractivity contribution is -0.132. The minimum absolute atomic E-state index is 0.00567. The Kier molecular flexibility index (Phi) is 6.75. The van der Waals surface area contributed by atoms with E-state index < -0.39 is 17.4 Å². The van der Waals surface area contributed by atoms with E-state index in [4.69, 9.17) is 35.0 Å². The summed E-state index contributed by atoms with van der Waals surface area (Å²) < 4.78 is 27.2. The van der Waals surface area contributed by atoms with Crippen LogP contribution in [0.4, 0.5) is 0 Å². The van der Waals surface area contributed by atoms with Gasteiger partial charge in [-0.15, -0.1) is 0 Å². The highest BCUT2D eigenvalue weighted by atomic mass is 35.5. The van der Waals surface area contributed by atoms with Crippen LogP contribution in [0.15, 0.2) is 69.9 Å². The van der Waals surface area contributed by atoms with Crippen LogP contribution in [-0.4, -0.2) is 26.2 Å². The molecule has 1 heterocycles. The van der Waals surface area contributed by atoms with Gasteiger partial charge in [0.1, 0.15) is 5.58 Å². The standard InChI is InChI=1S/C26H19ClO8/c1-14(28)33-24-20(31-2)12-16(13-21(24)32-3)26(30)35-25-22(29)18-6-4-5-7-19(18)34-23(25)15-8-10-17(27)11-9-15/h4-13H,1-3H3. The number of hydrogen-bond acceptors (Lipinski definition) is 8. The number of carbonyl (C=O) groups is 2. The SMILES string of the molecule is COc1cc(C(=O)Oc2c(-c3ccc(Cl)cc3)oc3ccccc3c2=O)cc(OC)c1OC(C)=O. The molecular weight excluding hydrogens is 476 g/mol. The molecule has 0 spiro atoms. The van der Waals surface area contributed by atoms with Crippen molar-refractivity contribution in [3.63, 3.8) is 0 Å². The Morgan fingerprint density at radius 1 is 0.857 bits per heavy atom. The Hall–Kier alpha value is -4.30. The number of ether oxygens (including phenoxy) is 4. The molecule has 0 aliphatic carbocycles. The van der Waals surface area contributed by atoms with Gasteiger partial charge < -0.3 is 23.4 Å². The normalized spacial score (nSPS) is 10.6. The minimum atomic E-state index is -0.881. The molecular formula is C26H19ClO8. The Morgan fingerprint density at radius 3 is 2.09 bits per heavy atom. The van der Waals surface area contributed by atoms with E-state index in [0.717, 1.165) is 0 Å². The molecule has 0 saturated heterocycles. The van der Waals surface area contributed by atoms with Crippen molar-refractivity contribution in [1.29, 1.82) is 0 Å². The van der Waals surface area contributed by atoms with E-state index in [2.05, 4.69) is 0 Å². The van der Waals surface area contributed by atoms with E-state index in [-0.39, 0.29) is 39.7 Å². The van der Waals surface area contributed by atoms with Crippen LogP contribution in [0.25, 0.3) is 22.3 Å². The first kappa shape index (κ1) is 23.8. The second-order valence-corrected chi connectivity index (χ2v) is 7.72. The van der Waals surface area contributed by atoms with Crippen molar-refractivity contribution in [3.8, 4) is 34.3 Å². The zero-order valence-electron chi connectivity index (χ0n) is 18.9. The lowest BCUT2D eigenvalue weighted by atomic mass is 10.1. The highest BCUT2D eigenvalue weighted by Gasteiger charge is 2.24. The number of methoxy groups -OCH3 is 2. The lowest BCUT2D eigenvalue weighted by Crippen LogP contribution is -2.17. The molecule has 0 saturated carbocycles. The molecule has 0 aliphatic rings. The highest BCUT2D eigenvalue weighted by molar-refractivity contribution is 6.30. The molecule has 0 fully saturated rings. The maximum absolute atomic E-state index is 13.3. The van der Waals surface area contributed by atoms with Crippen LogP contribution in [0, 0.1) is 0 Å². The van der Waals surface area contributed by atoms with E-state index in [1.807, 2.05) is 0 Å². The Balaban J connectivity index is 1.83. The minimum Gasteiger partial charge on any atom is -0.493 e. The van der Waals surface area contributed by atoms with Gasteiger partial charge in [-0.05, 0) is 48.5 Å². The number of hydrogen-bond donors (Lipinski definition) is 0. The average molecular weight is 495 g/mol. The molecule has 4 rings (SSSR count). The fourth-order valence-corrected chi connectivity index (χ4v) is 3.53. The maximum Gasteiger partial charge on any atom is 0.344 e. The molecule has 0 aliphatic heterocycles. The second kappa shape index (κ2) is 9.90. The predicted molar refractivity (Wildman–Crippen MR) is 129 cm³/mol. The van der Waals surface area contributed by atoms with Crippen molar-refractivity contribution < 1.29 is 33.0 Å². The summed E-state index contributed by atoms with van der Waals surface area (Å²) in [6.07, 6.45) is 0. The van der Waals surface area contributed by atoms with Crippen LogP contribution in [-0.2, 0) is 4.79 Å². The largest absolute Gasteiger partial charge is 0.493 e. The van der Waals surface area contributed by atoms with Gasteiger partial charge in [-0.1, -0.05) is 23.7 Å². The third-order valence-corrected chi connectivity index (χ3v) is 5.25. The third-order valence-electron chi connectivity index (χ3n) is 5.00. The molecule has 1 aromatic heterocycles. The van der Waals surface area contributed by atoms with E-state index in [9.17, 15) is 14.4 Å². The average Bonchev–Trinajstić information content (AvgIpc) is 2.85. The van der Waals surface area contributed by atoms with E-state index >= 15 is 0 Å². The molecule has 178 valence electrons. The molecule has 0 radical (unpaired) electrons. The molecule has 0 amide bonds. The molecule has 0 bridgehead atoms. The van der Waals surface area contributed by atoms with Crippen LogP contribution in [0.2, 0.25) is 5.02 Å². The van der Waals surface area contributed by atoms with Gasteiger partial charge in [0.15, 0.2) is 17.3 Å². The summed E-state index contributed by atoms with van der Waals surface area (Å²) in [6.45, 7) is 1.22. The summed E-state index contributed by atoms with van der Waals surface area (Å²) in [5, 5.41) is 0.732. The molecule has 3 aromatic carbocycles. The number of benzene rings is 3. The summed E-state index contributed by atoms with van der Waals surface area (Å²) in [4.78, 5) is 37.9. The molecule has 8 nitrogen and oxygen atoms in total. The third kappa shape index (κ3) is 4.83. The molecule has 35 heavy (non-hydrogen) atoms. The number of fused-ring (bicyclic) bond motifs is 1. The summed E-state index contributed by atoms with van der Waals surface area (Å²) in [5.74, 6) is -1.57. The first-order valence-electron chi connectivity index (χ1n) is 10.3. The van der Waals surface area contributed by atoms with Gasteiger partial charge in [0.25, 0.3) is 0 Å². The van der Waals surface area contributed by atoms with Gasteiger partial charge in [-0.25, -0.2) is 4.79 Å². The summed E-state index contributed by atoms with van der Waals surface area (Å²) in [6, 6.07) is 15.8. The van der Waals surface area contributed by atoms with Crippen molar-refractivity contribution in [1.82, 2.24) is 0 Å². The van der Waals surface area contributed by atoms with Crippen LogP contribution < -0.4 is 24.4 Å². The van der Waals surface area contributed by atoms with Crippen molar-refractivity contribution >= 4 is 34.5 Å². The highest BCUT2D eigenvalue weighted by Crippen LogP contribution is 2.39. The summed E-state index contributed by atoms with van der Waals surface area (Å²) >= 11 is 6.00. The summed E-state index contributed by atoms with van der Waals surface area (Å²) in [7, 11) is 2.68. The molecule has 4 aromatic rings.